The van der Waals surface area contributed by atoms with E-state index in [4.69, 9.17) is 11.2 Å². The molecule has 2 saturated carbocycles. The fraction of sp³-hybridized carbons (Fsp3) is 0.607. The normalized spacial score (nSPS) is 18.2. The van der Waals surface area contributed by atoms with Gasteiger partial charge in [0, 0.05) is 23.4 Å². The Morgan fingerprint density at radius 2 is 1.78 bits per heavy atom. The van der Waals surface area contributed by atoms with Crippen LogP contribution in [-0.2, 0) is 14.3 Å². The van der Waals surface area contributed by atoms with Crippen LogP contribution >= 0.6 is 12.6 Å². The van der Waals surface area contributed by atoms with Crippen LogP contribution in [0, 0.1) is 12.3 Å². The molecular formula is C28H39N3O4S. The summed E-state index contributed by atoms with van der Waals surface area (Å²) in [6.45, 7) is 5.27. The molecule has 196 valence electrons. The summed E-state index contributed by atoms with van der Waals surface area (Å²) in [5.41, 5.74) is 0.473. The molecule has 0 heterocycles. The van der Waals surface area contributed by atoms with Crippen LogP contribution in [0.15, 0.2) is 24.3 Å². The van der Waals surface area contributed by atoms with E-state index in [0.717, 1.165) is 44.9 Å². The molecular weight excluding hydrogens is 474 g/mol. The highest BCUT2D eigenvalue weighted by atomic mass is 32.1. The molecule has 1 aromatic carbocycles. The molecule has 2 aliphatic carbocycles. The number of nitrogens with zero attached hydrogens (tertiary/aromatic N) is 1. The Morgan fingerprint density at radius 3 is 2.33 bits per heavy atom. The Bertz CT molecular complexity index is 974. The van der Waals surface area contributed by atoms with E-state index >= 15 is 0 Å². The molecule has 0 saturated heterocycles. The molecule has 0 bridgehead atoms. The van der Waals surface area contributed by atoms with Crippen molar-refractivity contribution in [3.63, 3.8) is 0 Å². The zero-order valence-electron chi connectivity index (χ0n) is 21.6. The first-order valence-electron chi connectivity index (χ1n) is 12.9. The summed E-state index contributed by atoms with van der Waals surface area (Å²) >= 11 is 4.35. The molecule has 2 unspecified atom stereocenters. The maximum Gasteiger partial charge on any atom is 0.408 e. The average molecular weight is 514 g/mol. The molecule has 0 aromatic heterocycles. The summed E-state index contributed by atoms with van der Waals surface area (Å²) in [6.07, 6.45) is 12.8. The molecule has 2 fully saturated rings. The van der Waals surface area contributed by atoms with Crippen molar-refractivity contribution in [2.75, 3.05) is 5.75 Å². The van der Waals surface area contributed by atoms with Crippen molar-refractivity contribution in [1.29, 1.82) is 0 Å². The molecule has 3 amide bonds. The van der Waals surface area contributed by atoms with Gasteiger partial charge in [0.25, 0.3) is 0 Å². The molecule has 2 N–H and O–H groups in total. The Balaban J connectivity index is 1.96. The van der Waals surface area contributed by atoms with Gasteiger partial charge in [-0.1, -0.05) is 43.4 Å². The highest BCUT2D eigenvalue weighted by Gasteiger charge is 2.42. The molecule has 8 heteroatoms. The summed E-state index contributed by atoms with van der Waals surface area (Å²) in [5.74, 6) is 2.15. The maximum atomic E-state index is 14.0. The van der Waals surface area contributed by atoms with Crippen LogP contribution in [0.5, 0.6) is 0 Å². The number of ether oxygens (including phenoxy) is 1. The molecule has 0 radical (unpaired) electrons. The second kappa shape index (κ2) is 12.5. The van der Waals surface area contributed by atoms with Crippen molar-refractivity contribution in [2.24, 2.45) is 0 Å². The van der Waals surface area contributed by atoms with Gasteiger partial charge >= 0.3 is 6.09 Å². The van der Waals surface area contributed by atoms with E-state index in [-0.39, 0.29) is 29.7 Å². The van der Waals surface area contributed by atoms with Crippen LogP contribution in [0.25, 0.3) is 0 Å². The highest BCUT2D eigenvalue weighted by Crippen LogP contribution is 2.35. The number of hydrogen-bond donors (Lipinski definition) is 3. The van der Waals surface area contributed by atoms with Gasteiger partial charge in [-0.15, -0.1) is 6.42 Å². The number of terminal acetylenes is 1. The molecule has 7 nitrogen and oxygen atoms in total. The monoisotopic (exact) mass is 513 g/mol. The van der Waals surface area contributed by atoms with Crippen molar-refractivity contribution in [2.45, 2.75) is 102 Å². The Hall–Kier alpha value is -2.66. The predicted octanol–water partition coefficient (Wildman–Crippen LogP) is 4.36. The summed E-state index contributed by atoms with van der Waals surface area (Å²) < 4.78 is 5.37. The lowest BCUT2D eigenvalue weighted by Gasteiger charge is -2.44. The number of carbonyl (C=O) groups is 3. The van der Waals surface area contributed by atoms with E-state index in [1.807, 2.05) is 18.2 Å². The quantitative estimate of drug-likeness (QED) is 0.356. The maximum absolute atomic E-state index is 14.0. The van der Waals surface area contributed by atoms with Crippen molar-refractivity contribution in [1.82, 2.24) is 15.5 Å². The first kappa shape index (κ1) is 27.9. The summed E-state index contributed by atoms with van der Waals surface area (Å²) in [6, 6.07) is 5.34. The van der Waals surface area contributed by atoms with Crippen molar-refractivity contribution < 1.29 is 19.1 Å². The number of benzene rings is 1. The first-order valence-corrected chi connectivity index (χ1v) is 13.6. The van der Waals surface area contributed by atoms with Gasteiger partial charge < -0.3 is 20.3 Å². The molecule has 1 aromatic rings. The molecule has 0 aliphatic heterocycles. The number of amides is 3. The van der Waals surface area contributed by atoms with Gasteiger partial charge in [-0.2, -0.15) is 12.6 Å². The largest absolute Gasteiger partial charge is 0.444 e. The lowest BCUT2D eigenvalue weighted by Crippen LogP contribution is -2.58. The van der Waals surface area contributed by atoms with Gasteiger partial charge in [-0.3, -0.25) is 9.59 Å². The highest BCUT2D eigenvalue weighted by molar-refractivity contribution is 7.80. The average Bonchev–Trinajstić information content (AvgIpc) is 2.80. The minimum Gasteiger partial charge on any atom is -0.444 e. The zero-order valence-corrected chi connectivity index (χ0v) is 22.5. The van der Waals surface area contributed by atoms with E-state index in [2.05, 4.69) is 29.2 Å². The minimum absolute atomic E-state index is 0.0645. The predicted molar refractivity (Wildman–Crippen MR) is 144 cm³/mol. The van der Waals surface area contributed by atoms with Crippen LogP contribution < -0.4 is 10.6 Å². The van der Waals surface area contributed by atoms with Crippen LogP contribution in [0.4, 0.5) is 4.79 Å². The third-order valence-electron chi connectivity index (χ3n) is 6.78. The smallest absolute Gasteiger partial charge is 0.408 e. The standard InChI is InChI=1S/C28H39N3O4S/c1-5-19-12-9-10-17-22(19)24(25(32)29-20-13-7-6-8-14-20)31(21-15-11-16-21)26(33)23(18-36)30-27(34)35-28(2,3)4/h1,9-10,12,17,20-21,23-24,36H,6-8,11,13-16,18H2,2-4H3,(H,29,32)(H,30,34). The van der Waals surface area contributed by atoms with Crippen LogP contribution in [0.1, 0.15) is 89.3 Å². The number of rotatable bonds is 8. The van der Waals surface area contributed by atoms with Gasteiger partial charge in [-0.25, -0.2) is 4.79 Å². The number of nitrogens with one attached hydrogen (secondary N) is 2. The summed E-state index contributed by atoms with van der Waals surface area (Å²) in [7, 11) is 0. The van der Waals surface area contributed by atoms with E-state index in [1.54, 1.807) is 31.7 Å². The van der Waals surface area contributed by atoms with Crippen molar-refractivity contribution in [3.05, 3.63) is 35.4 Å². The lowest BCUT2D eigenvalue weighted by atomic mass is 9.87. The fourth-order valence-corrected chi connectivity index (χ4v) is 5.06. The Labute approximate surface area is 220 Å². The van der Waals surface area contributed by atoms with Gasteiger partial charge in [-0.05, 0) is 64.5 Å². The summed E-state index contributed by atoms with van der Waals surface area (Å²) in [5, 5.41) is 5.86. The second-order valence-electron chi connectivity index (χ2n) is 10.7. The number of hydrogen-bond acceptors (Lipinski definition) is 5. The molecule has 0 spiro atoms. The van der Waals surface area contributed by atoms with E-state index in [0.29, 0.717) is 11.1 Å². The second-order valence-corrected chi connectivity index (χ2v) is 11.1. The van der Waals surface area contributed by atoms with E-state index in [1.165, 1.54) is 6.42 Å². The fourth-order valence-electron chi connectivity index (χ4n) is 4.81. The third-order valence-corrected chi connectivity index (χ3v) is 7.15. The van der Waals surface area contributed by atoms with Gasteiger partial charge in [0.05, 0.1) is 0 Å². The van der Waals surface area contributed by atoms with Crippen LogP contribution in [-0.4, -0.2) is 52.3 Å². The van der Waals surface area contributed by atoms with Gasteiger partial charge in [0.1, 0.15) is 17.7 Å². The Morgan fingerprint density at radius 1 is 1.11 bits per heavy atom. The lowest BCUT2D eigenvalue weighted by molar-refractivity contribution is -0.147. The van der Waals surface area contributed by atoms with Crippen LogP contribution in [0.3, 0.4) is 0 Å². The number of thiol groups is 1. The molecule has 3 rings (SSSR count). The number of carbonyl (C=O) groups excluding carboxylic acids is 3. The van der Waals surface area contributed by atoms with Gasteiger partial charge in [0.15, 0.2) is 0 Å². The number of alkyl carbamates (subject to hydrolysis) is 1. The Kier molecular flexibility index (Phi) is 9.72. The molecule has 36 heavy (non-hydrogen) atoms. The van der Waals surface area contributed by atoms with E-state index in [9.17, 15) is 14.4 Å². The van der Waals surface area contributed by atoms with Crippen molar-refractivity contribution >= 4 is 30.5 Å². The minimum atomic E-state index is -0.952. The molecule has 2 atom stereocenters. The third kappa shape index (κ3) is 7.19. The topological polar surface area (TPSA) is 87.7 Å². The SMILES string of the molecule is C#Cc1ccccc1C(C(=O)NC1CCCCC1)N(C(=O)C(CS)NC(=O)OC(C)(C)C)C1CCC1. The first-order chi connectivity index (χ1) is 17.1. The van der Waals surface area contributed by atoms with Crippen LogP contribution in [0.2, 0.25) is 0 Å². The summed E-state index contributed by atoms with van der Waals surface area (Å²) in [4.78, 5) is 42.0. The molecule has 2 aliphatic rings. The van der Waals surface area contributed by atoms with Gasteiger partial charge in [0.2, 0.25) is 11.8 Å². The van der Waals surface area contributed by atoms with Crippen molar-refractivity contribution in [3.8, 4) is 12.3 Å². The zero-order chi connectivity index (χ0) is 26.3. The van der Waals surface area contributed by atoms with E-state index < -0.39 is 23.8 Å².